The quantitative estimate of drug-likeness (QED) is 0.937. The second kappa shape index (κ2) is 4.86. The Morgan fingerprint density at radius 2 is 2.15 bits per heavy atom. The van der Waals surface area contributed by atoms with Gasteiger partial charge in [-0.1, -0.05) is 25.1 Å². The fourth-order valence-electron chi connectivity index (χ4n) is 3.14. The number of aromatic nitrogens is 1. The van der Waals surface area contributed by atoms with Crippen LogP contribution in [-0.4, -0.2) is 17.1 Å². The predicted molar refractivity (Wildman–Crippen MR) is 82.3 cm³/mol. The molecule has 0 spiro atoms. The van der Waals surface area contributed by atoms with Gasteiger partial charge in [-0.15, -0.1) is 11.3 Å². The zero-order chi connectivity index (χ0) is 14.2. The highest BCUT2D eigenvalue weighted by atomic mass is 32.1. The summed E-state index contributed by atoms with van der Waals surface area (Å²) in [6, 6.07) is 8.30. The Balaban J connectivity index is 2.22. The van der Waals surface area contributed by atoms with Gasteiger partial charge in [-0.25, -0.2) is 4.98 Å². The van der Waals surface area contributed by atoms with Gasteiger partial charge in [0.05, 0.1) is 0 Å². The van der Waals surface area contributed by atoms with Gasteiger partial charge in [0, 0.05) is 23.6 Å². The van der Waals surface area contributed by atoms with Crippen molar-refractivity contribution in [2.45, 2.75) is 38.3 Å². The Labute approximate surface area is 124 Å². The van der Waals surface area contributed by atoms with Gasteiger partial charge in [0.25, 0.3) is 0 Å². The Hall–Kier alpha value is -1.39. The molecule has 0 aliphatic carbocycles. The van der Waals surface area contributed by atoms with Crippen LogP contribution >= 0.6 is 11.3 Å². The lowest BCUT2D eigenvalue weighted by atomic mass is 9.78. The molecule has 20 heavy (non-hydrogen) atoms. The first-order valence-corrected chi connectivity index (χ1v) is 7.89. The lowest BCUT2D eigenvalue weighted by molar-refractivity contribution is 0.0453. The molecule has 0 fully saturated rings. The van der Waals surface area contributed by atoms with E-state index in [4.69, 9.17) is 4.74 Å². The number of nitrogens with zero attached hydrogens (tertiary/aromatic N) is 1. The van der Waals surface area contributed by atoms with Crippen LogP contribution in [-0.2, 0) is 5.54 Å². The smallest absolute Gasteiger partial charge is 0.125 e. The molecular formula is C16H20N2OS. The number of hydrogen-bond donors (Lipinski definition) is 1. The second-order valence-electron chi connectivity index (χ2n) is 5.81. The fraction of sp³-hybridized carbons (Fsp3) is 0.438. The van der Waals surface area contributed by atoms with Gasteiger partial charge in [0.2, 0.25) is 0 Å². The predicted octanol–water partition coefficient (Wildman–Crippen LogP) is 3.56. The van der Waals surface area contributed by atoms with E-state index in [0.717, 1.165) is 23.7 Å². The van der Waals surface area contributed by atoms with Gasteiger partial charge in [0.15, 0.2) is 0 Å². The Morgan fingerprint density at radius 1 is 1.35 bits per heavy atom. The molecular weight excluding hydrogens is 268 g/mol. The van der Waals surface area contributed by atoms with Crippen molar-refractivity contribution in [2.75, 3.05) is 6.54 Å². The highest BCUT2D eigenvalue weighted by molar-refractivity contribution is 7.09. The normalized spacial score (nSPS) is 23.9. The molecule has 1 N–H and O–H groups in total. The number of hydrogen-bond acceptors (Lipinski definition) is 4. The molecule has 3 nitrogen and oxygen atoms in total. The summed E-state index contributed by atoms with van der Waals surface area (Å²) in [7, 11) is 0. The Morgan fingerprint density at radius 3 is 2.85 bits per heavy atom. The molecule has 1 atom stereocenters. The molecule has 1 aliphatic heterocycles. The summed E-state index contributed by atoms with van der Waals surface area (Å²) in [6.07, 6.45) is 2.75. The molecule has 0 amide bonds. The van der Waals surface area contributed by atoms with E-state index < -0.39 is 0 Å². The zero-order valence-corrected chi connectivity index (χ0v) is 13.0. The largest absolute Gasteiger partial charge is 0.487 e. The van der Waals surface area contributed by atoms with Crippen molar-refractivity contribution >= 4 is 11.3 Å². The molecule has 3 rings (SSSR count). The average molecular weight is 288 g/mol. The van der Waals surface area contributed by atoms with Gasteiger partial charge in [-0.3, -0.25) is 0 Å². The molecule has 0 saturated heterocycles. The molecule has 1 aromatic heterocycles. The summed E-state index contributed by atoms with van der Waals surface area (Å²) >= 11 is 1.70. The van der Waals surface area contributed by atoms with E-state index >= 15 is 0 Å². The first-order chi connectivity index (χ1) is 9.57. The number of benzene rings is 1. The number of ether oxygens (including phenoxy) is 1. The monoisotopic (exact) mass is 288 g/mol. The third kappa shape index (κ3) is 2.13. The molecule has 4 heteroatoms. The van der Waals surface area contributed by atoms with Crippen LogP contribution in [0.1, 0.15) is 37.8 Å². The van der Waals surface area contributed by atoms with E-state index in [0.29, 0.717) is 0 Å². The van der Waals surface area contributed by atoms with E-state index in [9.17, 15) is 0 Å². The lowest BCUT2D eigenvalue weighted by Gasteiger charge is -2.45. The van der Waals surface area contributed by atoms with Crippen molar-refractivity contribution < 1.29 is 4.74 Å². The van der Waals surface area contributed by atoms with Gasteiger partial charge < -0.3 is 10.1 Å². The minimum Gasteiger partial charge on any atom is -0.487 e. The molecule has 2 aromatic rings. The van der Waals surface area contributed by atoms with Gasteiger partial charge in [-0.2, -0.15) is 0 Å². The van der Waals surface area contributed by atoms with Crippen LogP contribution in [0, 0.1) is 0 Å². The maximum absolute atomic E-state index is 6.16. The standard InChI is InChI=1S/C16H20N2OS/c1-4-18-16(14-17-9-10-20-14)11-15(2,3)19-13-8-6-5-7-12(13)16/h5-10,18H,4,11H2,1-3H3. The van der Waals surface area contributed by atoms with E-state index in [1.807, 2.05) is 17.6 Å². The summed E-state index contributed by atoms with van der Waals surface area (Å²) in [6.45, 7) is 7.32. The van der Waals surface area contributed by atoms with E-state index in [2.05, 4.69) is 49.3 Å². The van der Waals surface area contributed by atoms with Gasteiger partial charge >= 0.3 is 0 Å². The topological polar surface area (TPSA) is 34.2 Å². The van der Waals surface area contributed by atoms with Crippen molar-refractivity contribution in [1.29, 1.82) is 0 Å². The van der Waals surface area contributed by atoms with Crippen LogP contribution in [0.3, 0.4) is 0 Å². The number of para-hydroxylation sites is 1. The van der Waals surface area contributed by atoms with E-state index in [1.54, 1.807) is 11.3 Å². The van der Waals surface area contributed by atoms with Crippen LogP contribution in [0.2, 0.25) is 0 Å². The SMILES string of the molecule is CCNC1(c2nccs2)CC(C)(C)Oc2ccccc21. The van der Waals surface area contributed by atoms with Crippen LogP contribution in [0.4, 0.5) is 0 Å². The number of thiazole rings is 1. The van der Waals surface area contributed by atoms with Crippen LogP contribution < -0.4 is 10.1 Å². The average Bonchev–Trinajstić information content (AvgIpc) is 2.92. The highest BCUT2D eigenvalue weighted by Crippen LogP contribution is 2.47. The van der Waals surface area contributed by atoms with Crippen molar-refractivity contribution in [3.8, 4) is 5.75 Å². The summed E-state index contributed by atoms with van der Waals surface area (Å²) in [5.41, 5.74) is 0.722. The minimum atomic E-state index is -0.249. The van der Waals surface area contributed by atoms with Gasteiger partial charge in [0.1, 0.15) is 21.9 Å². The summed E-state index contributed by atoms with van der Waals surface area (Å²) in [5.74, 6) is 0.958. The number of fused-ring (bicyclic) bond motifs is 1. The number of rotatable bonds is 3. The van der Waals surface area contributed by atoms with Crippen LogP contribution in [0.25, 0.3) is 0 Å². The molecule has 1 aliphatic rings. The molecule has 0 bridgehead atoms. The lowest BCUT2D eigenvalue weighted by Crippen LogP contribution is -2.53. The first kappa shape index (κ1) is 13.6. The third-order valence-corrected chi connectivity index (χ3v) is 4.63. The molecule has 1 aromatic carbocycles. The van der Waals surface area contributed by atoms with Crippen LogP contribution in [0.15, 0.2) is 35.8 Å². The molecule has 0 radical (unpaired) electrons. The Kier molecular flexibility index (Phi) is 3.30. The second-order valence-corrected chi connectivity index (χ2v) is 6.70. The molecule has 2 heterocycles. The van der Waals surface area contributed by atoms with Crippen LogP contribution in [0.5, 0.6) is 5.75 Å². The van der Waals surface area contributed by atoms with Crippen molar-refractivity contribution in [1.82, 2.24) is 10.3 Å². The van der Waals surface area contributed by atoms with Crippen molar-refractivity contribution in [3.63, 3.8) is 0 Å². The molecule has 106 valence electrons. The maximum atomic E-state index is 6.16. The Bertz CT molecular complexity index is 594. The zero-order valence-electron chi connectivity index (χ0n) is 12.1. The highest BCUT2D eigenvalue weighted by Gasteiger charge is 2.47. The maximum Gasteiger partial charge on any atom is 0.125 e. The number of nitrogens with one attached hydrogen (secondary N) is 1. The fourth-order valence-corrected chi connectivity index (χ4v) is 3.96. The van der Waals surface area contributed by atoms with Crippen molar-refractivity contribution in [3.05, 3.63) is 46.4 Å². The van der Waals surface area contributed by atoms with E-state index in [1.165, 1.54) is 5.56 Å². The summed E-state index contributed by atoms with van der Waals surface area (Å²) in [5, 5.41) is 6.84. The first-order valence-electron chi connectivity index (χ1n) is 7.01. The third-order valence-electron chi connectivity index (χ3n) is 3.70. The molecule has 1 unspecified atom stereocenters. The summed E-state index contributed by atoms with van der Waals surface area (Å²) in [4.78, 5) is 4.60. The van der Waals surface area contributed by atoms with E-state index in [-0.39, 0.29) is 11.1 Å². The van der Waals surface area contributed by atoms with Gasteiger partial charge in [-0.05, 0) is 26.5 Å². The minimum absolute atomic E-state index is 0.220. The molecule has 0 saturated carbocycles. The van der Waals surface area contributed by atoms with Crippen molar-refractivity contribution in [2.24, 2.45) is 0 Å². The summed E-state index contributed by atoms with van der Waals surface area (Å²) < 4.78 is 6.16.